The van der Waals surface area contributed by atoms with Crippen LogP contribution in [0, 0.1) is 0 Å². The molecular weight excluding hydrogens is 192 g/mol. The van der Waals surface area contributed by atoms with Crippen LogP contribution in [0.4, 0.5) is 0 Å². The Morgan fingerprint density at radius 2 is 2.00 bits per heavy atom. The van der Waals surface area contributed by atoms with E-state index in [1.54, 1.807) is 0 Å². The summed E-state index contributed by atoms with van der Waals surface area (Å²) >= 11 is 0. The number of carboxylic acids is 1. The number of nitrogens with zero attached hydrogens (tertiary/aromatic N) is 2. The number of carbonyl (C=O) groups excluding carboxylic acids is 1. The summed E-state index contributed by atoms with van der Waals surface area (Å²) < 4.78 is 1.92. The fourth-order valence-electron chi connectivity index (χ4n) is 2.03. The van der Waals surface area contributed by atoms with Crippen molar-refractivity contribution in [3.05, 3.63) is 0 Å². The van der Waals surface area contributed by atoms with E-state index in [0.29, 0.717) is 5.84 Å². The van der Waals surface area contributed by atoms with E-state index in [4.69, 9.17) is 0 Å². The summed E-state index contributed by atoms with van der Waals surface area (Å²) in [6, 6.07) is 0.416. The predicted molar refractivity (Wildman–Crippen MR) is 56.7 cm³/mol. The first-order valence-electron chi connectivity index (χ1n) is 5.56. The third-order valence-electron chi connectivity index (χ3n) is 2.77. The van der Waals surface area contributed by atoms with Gasteiger partial charge in [0, 0.05) is 6.42 Å². The Morgan fingerprint density at radius 1 is 1.40 bits per heavy atom. The van der Waals surface area contributed by atoms with Crippen molar-refractivity contribution >= 4 is 11.8 Å². The van der Waals surface area contributed by atoms with E-state index in [2.05, 4.69) is 0 Å². The highest BCUT2D eigenvalue weighted by atomic mass is 16.4. The van der Waals surface area contributed by atoms with Gasteiger partial charge in [0.25, 0.3) is 5.84 Å². The number of carboxylic acid groups (broad SMARTS) is 1. The lowest BCUT2D eigenvalue weighted by molar-refractivity contribution is -0.569. The van der Waals surface area contributed by atoms with E-state index in [1.807, 2.05) is 37.2 Å². The highest BCUT2D eigenvalue weighted by Gasteiger charge is 2.31. The van der Waals surface area contributed by atoms with Gasteiger partial charge in [0.1, 0.15) is 0 Å². The molecule has 4 nitrogen and oxygen atoms in total. The summed E-state index contributed by atoms with van der Waals surface area (Å²) in [4.78, 5) is 13.1. The van der Waals surface area contributed by atoms with Gasteiger partial charge in [-0.2, -0.15) is 0 Å². The molecule has 0 saturated carbocycles. The average molecular weight is 212 g/mol. The molecule has 0 aliphatic carbocycles. The molecule has 0 radical (unpaired) electrons. The number of hydrogen-bond donors (Lipinski definition) is 0. The standard InChI is InChI=1S/C11H20N2O2/c1-8(2)12-6-5-7-13(9(3)4)10(12)11(14)15/h8-9H,5-7H2,1-4H3. The summed E-state index contributed by atoms with van der Waals surface area (Å²) in [6.07, 6.45) is 1.01. The molecule has 0 aromatic heterocycles. The van der Waals surface area contributed by atoms with Crippen LogP contribution in [-0.2, 0) is 4.79 Å². The van der Waals surface area contributed by atoms with Crippen LogP contribution in [0.1, 0.15) is 34.1 Å². The molecule has 0 fully saturated rings. The third-order valence-corrected chi connectivity index (χ3v) is 2.77. The Bertz CT molecular complexity index is 282. The highest BCUT2D eigenvalue weighted by molar-refractivity contribution is 6.31. The maximum Gasteiger partial charge on any atom is 0.295 e. The van der Waals surface area contributed by atoms with Gasteiger partial charge in [-0.3, -0.25) is 9.48 Å². The minimum Gasteiger partial charge on any atom is -0.538 e. The molecular formula is C11H20N2O2. The van der Waals surface area contributed by atoms with Crippen LogP contribution in [-0.4, -0.2) is 46.5 Å². The molecule has 0 spiro atoms. The van der Waals surface area contributed by atoms with Crippen molar-refractivity contribution in [1.82, 2.24) is 4.90 Å². The first-order chi connectivity index (χ1) is 6.95. The molecule has 15 heavy (non-hydrogen) atoms. The second-order valence-electron chi connectivity index (χ2n) is 4.54. The van der Waals surface area contributed by atoms with Crippen LogP contribution in [0.15, 0.2) is 0 Å². The summed E-state index contributed by atoms with van der Waals surface area (Å²) in [5.74, 6) is -0.705. The van der Waals surface area contributed by atoms with Crippen molar-refractivity contribution in [2.45, 2.75) is 46.2 Å². The van der Waals surface area contributed by atoms with Crippen molar-refractivity contribution in [3.63, 3.8) is 0 Å². The van der Waals surface area contributed by atoms with Crippen molar-refractivity contribution in [3.8, 4) is 0 Å². The van der Waals surface area contributed by atoms with Gasteiger partial charge in [-0.25, -0.2) is 0 Å². The quantitative estimate of drug-likeness (QED) is 0.602. The minimum absolute atomic E-state index is 0.208. The topological polar surface area (TPSA) is 46.4 Å². The lowest BCUT2D eigenvalue weighted by Crippen LogP contribution is -2.56. The molecule has 0 bridgehead atoms. The van der Waals surface area contributed by atoms with Gasteiger partial charge in [0.05, 0.1) is 25.2 Å². The smallest absolute Gasteiger partial charge is 0.295 e. The third kappa shape index (κ3) is 2.49. The monoisotopic (exact) mass is 212 g/mol. The molecule has 0 saturated heterocycles. The molecule has 1 aliphatic rings. The van der Waals surface area contributed by atoms with Gasteiger partial charge in [-0.05, 0) is 27.7 Å². The van der Waals surface area contributed by atoms with Crippen molar-refractivity contribution in [2.75, 3.05) is 13.1 Å². The largest absolute Gasteiger partial charge is 0.538 e. The van der Waals surface area contributed by atoms with Crippen molar-refractivity contribution in [2.24, 2.45) is 0 Å². The Morgan fingerprint density at radius 3 is 2.40 bits per heavy atom. The molecule has 86 valence electrons. The normalized spacial score (nSPS) is 17.9. The molecule has 0 aromatic carbocycles. The Kier molecular flexibility index (Phi) is 3.72. The molecule has 1 rings (SSSR count). The highest BCUT2D eigenvalue weighted by Crippen LogP contribution is 2.09. The molecule has 0 N–H and O–H groups in total. The van der Waals surface area contributed by atoms with Crippen LogP contribution >= 0.6 is 0 Å². The maximum absolute atomic E-state index is 11.2. The fraction of sp³-hybridized carbons (Fsp3) is 0.818. The Hall–Kier alpha value is -1.06. The molecule has 0 unspecified atom stereocenters. The van der Waals surface area contributed by atoms with Gasteiger partial charge < -0.3 is 9.90 Å². The van der Waals surface area contributed by atoms with E-state index in [1.165, 1.54) is 0 Å². The Labute approximate surface area is 91.2 Å². The maximum atomic E-state index is 11.2. The second-order valence-corrected chi connectivity index (χ2v) is 4.54. The van der Waals surface area contributed by atoms with E-state index in [-0.39, 0.29) is 12.1 Å². The second kappa shape index (κ2) is 4.64. The fourth-order valence-corrected chi connectivity index (χ4v) is 2.03. The molecule has 1 heterocycles. The Balaban J connectivity index is 3.12. The van der Waals surface area contributed by atoms with Gasteiger partial charge in [-0.15, -0.1) is 0 Å². The van der Waals surface area contributed by atoms with E-state index in [9.17, 15) is 9.90 Å². The van der Waals surface area contributed by atoms with Crippen LogP contribution in [0.3, 0.4) is 0 Å². The van der Waals surface area contributed by atoms with Gasteiger partial charge in [-0.1, -0.05) is 0 Å². The number of aliphatic carboxylic acids is 1. The minimum atomic E-state index is -1.06. The zero-order valence-electron chi connectivity index (χ0n) is 9.99. The molecule has 0 amide bonds. The summed E-state index contributed by atoms with van der Waals surface area (Å²) in [7, 11) is 0. The van der Waals surface area contributed by atoms with Gasteiger partial charge in [0.2, 0.25) is 0 Å². The first kappa shape index (κ1) is 12.0. The van der Waals surface area contributed by atoms with Crippen LogP contribution < -0.4 is 5.11 Å². The molecule has 0 atom stereocenters. The molecule has 1 aliphatic heterocycles. The number of carbonyl (C=O) groups is 1. The van der Waals surface area contributed by atoms with E-state index < -0.39 is 5.97 Å². The zero-order valence-corrected chi connectivity index (χ0v) is 9.99. The van der Waals surface area contributed by atoms with Crippen LogP contribution in [0.5, 0.6) is 0 Å². The summed E-state index contributed by atoms with van der Waals surface area (Å²) in [5, 5.41) is 11.2. The predicted octanol–water partition coefficient (Wildman–Crippen LogP) is -0.330. The lowest BCUT2D eigenvalue weighted by atomic mass is 10.2. The van der Waals surface area contributed by atoms with Crippen LogP contribution in [0.2, 0.25) is 0 Å². The van der Waals surface area contributed by atoms with Crippen LogP contribution in [0.25, 0.3) is 0 Å². The molecule has 4 heteroatoms. The zero-order chi connectivity index (χ0) is 11.6. The lowest BCUT2D eigenvalue weighted by Gasteiger charge is -2.31. The number of rotatable bonds is 3. The summed E-state index contributed by atoms with van der Waals surface area (Å²) in [6.45, 7) is 9.65. The average Bonchev–Trinajstić information content (AvgIpc) is 2.16. The first-order valence-corrected chi connectivity index (χ1v) is 5.56. The van der Waals surface area contributed by atoms with E-state index >= 15 is 0 Å². The SMILES string of the molecule is CC(C)N1CCC[N+](C(C)C)=C1C(=O)[O-]. The number of amidine groups is 1. The number of hydrogen-bond acceptors (Lipinski definition) is 3. The van der Waals surface area contributed by atoms with E-state index in [0.717, 1.165) is 19.5 Å². The van der Waals surface area contributed by atoms with Crippen molar-refractivity contribution < 1.29 is 14.5 Å². The van der Waals surface area contributed by atoms with Gasteiger partial charge in [0.15, 0.2) is 5.97 Å². The molecule has 0 aromatic rings. The van der Waals surface area contributed by atoms with Gasteiger partial charge >= 0.3 is 0 Å². The van der Waals surface area contributed by atoms with Crippen molar-refractivity contribution in [1.29, 1.82) is 0 Å². The summed E-state index contributed by atoms with van der Waals surface area (Å²) in [5.41, 5.74) is 0.